The van der Waals surface area contributed by atoms with Gasteiger partial charge in [-0.2, -0.15) is 0 Å². The lowest BCUT2D eigenvalue weighted by molar-refractivity contribution is 0.260. The second kappa shape index (κ2) is 12.2. The molecule has 0 aliphatic carbocycles. The normalized spacial score (nSPS) is 13.4. The molecule has 49 heavy (non-hydrogen) atoms. The second-order valence-corrected chi connectivity index (χ2v) is 12.1. The zero-order valence-electron chi connectivity index (χ0n) is 26.5. The van der Waals surface area contributed by atoms with E-state index in [1.165, 1.54) is 16.3 Å². The minimum absolute atomic E-state index is 0.216. The Kier molecular flexibility index (Phi) is 7.13. The van der Waals surface area contributed by atoms with E-state index in [1.807, 2.05) is 78.9 Å². The molecule has 1 aliphatic heterocycles. The number of nitrogens with one attached hydrogen (secondary N) is 1. The van der Waals surface area contributed by atoms with Crippen LogP contribution in [0, 0.1) is 0 Å². The van der Waals surface area contributed by atoms with Crippen molar-refractivity contribution < 1.29 is 4.74 Å². The Morgan fingerprint density at radius 2 is 0.980 bits per heavy atom. The number of ether oxygens (including phenoxy) is 1. The van der Waals surface area contributed by atoms with Crippen LogP contribution in [0.15, 0.2) is 170 Å². The smallest absolute Gasteiger partial charge is 0.196 e. The van der Waals surface area contributed by atoms with E-state index in [9.17, 15) is 0 Å². The average Bonchev–Trinajstić information content (AvgIpc) is 3.62. The molecule has 1 aromatic heterocycles. The zero-order chi connectivity index (χ0) is 32.6. The Balaban J connectivity index is 1.12. The fraction of sp³-hybridized carbons (Fsp3) is 0.0227. The molecule has 1 unspecified atom stereocenters. The van der Waals surface area contributed by atoms with Gasteiger partial charge in [0.2, 0.25) is 0 Å². The monoisotopic (exact) mass is 630 g/mol. The van der Waals surface area contributed by atoms with Gasteiger partial charge in [-0.3, -0.25) is 0 Å². The number of nitrogens with zero attached hydrogens (tertiary/aromatic N) is 3. The Hall–Kier alpha value is -6.59. The molecule has 8 aromatic rings. The van der Waals surface area contributed by atoms with Gasteiger partial charge in [0.15, 0.2) is 23.7 Å². The fourth-order valence-electron chi connectivity index (χ4n) is 6.54. The quantitative estimate of drug-likeness (QED) is 0.198. The third-order valence-electron chi connectivity index (χ3n) is 8.98. The number of fused-ring (bicyclic) bond motifs is 2. The van der Waals surface area contributed by atoms with Crippen molar-refractivity contribution in [1.29, 1.82) is 0 Å². The van der Waals surface area contributed by atoms with Crippen LogP contribution in [0.2, 0.25) is 0 Å². The Morgan fingerprint density at radius 1 is 0.449 bits per heavy atom. The van der Waals surface area contributed by atoms with E-state index in [0.717, 1.165) is 50.4 Å². The third-order valence-corrected chi connectivity index (χ3v) is 8.98. The first-order valence-corrected chi connectivity index (χ1v) is 16.4. The first-order chi connectivity index (χ1) is 24.3. The van der Waals surface area contributed by atoms with E-state index >= 15 is 0 Å². The van der Waals surface area contributed by atoms with Crippen LogP contribution in [0.1, 0.15) is 11.8 Å². The molecule has 0 saturated carbocycles. The Labute approximate surface area is 284 Å². The molecular formula is C44H30N4O. The van der Waals surface area contributed by atoms with Crippen molar-refractivity contribution in [1.82, 2.24) is 15.0 Å². The van der Waals surface area contributed by atoms with Crippen molar-refractivity contribution >= 4 is 16.5 Å². The van der Waals surface area contributed by atoms with Crippen LogP contribution in [0.3, 0.4) is 0 Å². The van der Waals surface area contributed by atoms with Crippen LogP contribution in [0.25, 0.3) is 67.2 Å². The van der Waals surface area contributed by atoms with Gasteiger partial charge < -0.3 is 10.1 Å². The first kappa shape index (κ1) is 28.6. The molecule has 0 radical (unpaired) electrons. The van der Waals surface area contributed by atoms with E-state index in [-0.39, 0.29) is 6.23 Å². The summed E-state index contributed by atoms with van der Waals surface area (Å²) in [6.07, 6.45) is -0.216. The van der Waals surface area contributed by atoms with Gasteiger partial charge in [0.05, 0.1) is 5.69 Å². The molecule has 1 N–H and O–H groups in total. The number of aromatic nitrogens is 3. The lowest BCUT2D eigenvalue weighted by Crippen LogP contribution is -2.09. The summed E-state index contributed by atoms with van der Waals surface area (Å²) in [5, 5.41) is 5.97. The minimum Gasteiger partial charge on any atom is -0.464 e. The third kappa shape index (κ3) is 5.47. The lowest BCUT2D eigenvalue weighted by atomic mass is 9.89. The van der Waals surface area contributed by atoms with Gasteiger partial charge in [-0.1, -0.05) is 158 Å². The molecule has 1 atom stereocenters. The molecule has 9 rings (SSSR count). The molecular weight excluding hydrogens is 601 g/mol. The summed E-state index contributed by atoms with van der Waals surface area (Å²) >= 11 is 0. The van der Waals surface area contributed by atoms with Gasteiger partial charge in [0.1, 0.15) is 5.75 Å². The lowest BCUT2D eigenvalue weighted by Gasteiger charge is -2.15. The molecule has 0 amide bonds. The fourth-order valence-corrected chi connectivity index (χ4v) is 6.54. The molecule has 232 valence electrons. The van der Waals surface area contributed by atoms with E-state index in [4.69, 9.17) is 19.7 Å². The summed E-state index contributed by atoms with van der Waals surface area (Å²) in [6, 6.07) is 58.3. The van der Waals surface area contributed by atoms with Crippen LogP contribution in [-0.4, -0.2) is 15.0 Å². The highest BCUT2D eigenvalue weighted by Gasteiger charge is 2.24. The van der Waals surface area contributed by atoms with Gasteiger partial charge in [0, 0.05) is 22.3 Å². The summed E-state index contributed by atoms with van der Waals surface area (Å²) < 4.78 is 6.29. The molecule has 7 aromatic carbocycles. The van der Waals surface area contributed by atoms with Crippen molar-refractivity contribution in [3.05, 3.63) is 175 Å². The summed E-state index contributed by atoms with van der Waals surface area (Å²) in [6.45, 7) is 0. The summed E-state index contributed by atoms with van der Waals surface area (Å²) in [5.74, 6) is 2.78. The number of hydrogen-bond acceptors (Lipinski definition) is 5. The predicted octanol–water partition coefficient (Wildman–Crippen LogP) is 10.9. The maximum absolute atomic E-state index is 6.29. The predicted molar refractivity (Wildman–Crippen MR) is 198 cm³/mol. The molecule has 5 heteroatoms. The molecule has 1 aliphatic rings. The molecule has 2 heterocycles. The highest BCUT2D eigenvalue weighted by molar-refractivity contribution is 6.04. The van der Waals surface area contributed by atoms with Crippen molar-refractivity contribution in [3.8, 4) is 62.2 Å². The van der Waals surface area contributed by atoms with Crippen LogP contribution in [-0.2, 0) is 0 Å². The summed E-state index contributed by atoms with van der Waals surface area (Å²) in [7, 11) is 0. The molecule has 0 saturated heterocycles. The molecule has 0 fully saturated rings. The Morgan fingerprint density at radius 3 is 1.63 bits per heavy atom. The molecule has 0 spiro atoms. The molecule has 5 nitrogen and oxygen atoms in total. The number of hydrogen-bond donors (Lipinski definition) is 1. The number of anilines is 1. The standard InChI is InChI=1S/C44H30N4O/c1-4-13-31(14-5-1)41-46-42(32-15-6-2-7-16-32)48-43(47-41)33-22-20-30(21-23-33)37-26-24-29-12-10-11-19-36(29)40(37)35-25-27-39-38(28-35)45-44(49-39)34-17-8-3-9-18-34/h1-28,44-45H. The van der Waals surface area contributed by atoms with Gasteiger partial charge >= 0.3 is 0 Å². The van der Waals surface area contributed by atoms with Crippen LogP contribution in [0.5, 0.6) is 5.75 Å². The Bertz CT molecular complexity index is 2370. The number of benzene rings is 7. The number of rotatable bonds is 6. The van der Waals surface area contributed by atoms with Crippen LogP contribution in [0.4, 0.5) is 5.69 Å². The average molecular weight is 631 g/mol. The van der Waals surface area contributed by atoms with E-state index in [1.54, 1.807) is 0 Å². The summed E-state index contributed by atoms with van der Waals surface area (Å²) in [4.78, 5) is 14.7. The van der Waals surface area contributed by atoms with E-state index < -0.39 is 0 Å². The van der Waals surface area contributed by atoms with Gasteiger partial charge in [0.25, 0.3) is 0 Å². The maximum atomic E-state index is 6.29. The minimum atomic E-state index is -0.216. The van der Waals surface area contributed by atoms with Gasteiger partial charge in [-0.25, -0.2) is 15.0 Å². The van der Waals surface area contributed by atoms with Crippen molar-refractivity contribution in [2.75, 3.05) is 5.32 Å². The van der Waals surface area contributed by atoms with Crippen molar-refractivity contribution in [2.24, 2.45) is 0 Å². The topological polar surface area (TPSA) is 59.9 Å². The van der Waals surface area contributed by atoms with Gasteiger partial charge in [-0.05, 0) is 45.2 Å². The largest absolute Gasteiger partial charge is 0.464 e. The van der Waals surface area contributed by atoms with E-state index in [2.05, 4.69) is 96.3 Å². The summed E-state index contributed by atoms with van der Waals surface area (Å²) in [5.41, 5.74) is 9.46. The van der Waals surface area contributed by atoms with Crippen LogP contribution >= 0.6 is 0 Å². The highest BCUT2D eigenvalue weighted by Crippen LogP contribution is 2.44. The van der Waals surface area contributed by atoms with Crippen LogP contribution < -0.4 is 10.1 Å². The van der Waals surface area contributed by atoms with Crippen molar-refractivity contribution in [2.45, 2.75) is 6.23 Å². The van der Waals surface area contributed by atoms with E-state index in [0.29, 0.717) is 17.5 Å². The highest BCUT2D eigenvalue weighted by atomic mass is 16.5. The molecule has 0 bridgehead atoms. The maximum Gasteiger partial charge on any atom is 0.196 e. The second-order valence-electron chi connectivity index (χ2n) is 12.1. The first-order valence-electron chi connectivity index (χ1n) is 16.4. The van der Waals surface area contributed by atoms with Gasteiger partial charge in [-0.15, -0.1) is 0 Å². The zero-order valence-corrected chi connectivity index (χ0v) is 26.5. The van der Waals surface area contributed by atoms with Crippen molar-refractivity contribution in [3.63, 3.8) is 0 Å². The SMILES string of the molecule is c1ccc(-c2nc(-c3ccccc3)nc(-c3ccc(-c4ccc5ccccc5c4-c4ccc5c(c4)NC(c4ccccc4)O5)cc3)n2)cc1.